The Morgan fingerprint density at radius 2 is 1.87 bits per heavy atom. The highest BCUT2D eigenvalue weighted by Crippen LogP contribution is 2.18. The molecule has 1 heterocycles. The van der Waals surface area contributed by atoms with E-state index in [9.17, 15) is 14.4 Å². The lowest BCUT2D eigenvalue weighted by Gasteiger charge is -2.07. The lowest BCUT2D eigenvalue weighted by atomic mass is 10.1. The van der Waals surface area contributed by atoms with E-state index in [-0.39, 0.29) is 12.4 Å². The fourth-order valence-corrected chi connectivity index (χ4v) is 2.70. The summed E-state index contributed by atoms with van der Waals surface area (Å²) >= 11 is 1.05. The lowest BCUT2D eigenvalue weighted by molar-refractivity contribution is -0.119. The van der Waals surface area contributed by atoms with Crippen molar-refractivity contribution in [3.8, 4) is 0 Å². The summed E-state index contributed by atoms with van der Waals surface area (Å²) in [6.45, 7) is 3.08. The summed E-state index contributed by atoms with van der Waals surface area (Å²) in [6.07, 6.45) is 0.871. The van der Waals surface area contributed by atoms with Gasteiger partial charge in [-0.05, 0) is 43.2 Å². The van der Waals surface area contributed by atoms with Crippen molar-refractivity contribution in [1.29, 1.82) is 0 Å². The van der Waals surface area contributed by atoms with Crippen LogP contribution in [-0.2, 0) is 16.0 Å². The van der Waals surface area contributed by atoms with Crippen molar-refractivity contribution < 1.29 is 19.1 Å². The molecule has 1 N–H and O–H groups in total. The number of anilines is 1. The van der Waals surface area contributed by atoms with E-state index in [1.165, 1.54) is 13.0 Å². The van der Waals surface area contributed by atoms with Crippen LogP contribution >= 0.6 is 11.3 Å². The Morgan fingerprint density at radius 3 is 2.52 bits per heavy atom. The van der Waals surface area contributed by atoms with Crippen molar-refractivity contribution in [2.24, 2.45) is 0 Å². The van der Waals surface area contributed by atoms with Gasteiger partial charge in [-0.15, -0.1) is 11.3 Å². The van der Waals surface area contributed by atoms with E-state index in [1.807, 2.05) is 25.1 Å². The lowest BCUT2D eigenvalue weighted by Crippen LogP contribution is -2.20. The van der Waals surface area contributed by atoms with Gasteiger partial charge in [0.15, 0.2) is 12.4 Å². The Morgan fingerprint density at radius 1 is 1.13 bits per heavy atom. The molecule has 1 aromatic heterocycles. The van der Waals surface area contributed by atoms with Gasteiger partial charge in [-0.1, -0.05) is 19.1 Å². The minimum Gasteiger partial charge on any atom is -0.451 e. The number of nitrogens with one attached hydrogen (secondary N) is 1. The molecule has 0 saturated heterocycles. The number of hydrogen-bond donors (Lipinski definition) is 1. The third kappa shape index (κ3) is 4.75. The Bertz CT molecular complexity index is 736. The fourth-order valence-electron chi connectivity index (χ4n) is 1.91. The van der Waals surface area contributed by atoms with Gasteiger partial charge in [0.1, 0.15) is 4.88 Å². The van der Waals surface area contributed by atoms with Gasteiger partial charge in [-0.3, -0.25) is 9.59 Å². The van der Waals surface area contributed by atoms with Crippen LogP contribution in [0.25, 0.3) is 0 Å². The number of carbonyl (C=O) groups excluding carboxylic acids is 3. The monoisotopic (exact) mass is 331 g/mol. The fraction of sp³-hybridized carbons (Fsp3) is 0.235. The molecule has 0 unspecified atom stereocenters. The molecule has 0 atom stereocenters. The van der Waals surface area contributed by atoms with Crippen molar-refractivity contribution in [2.45, 2.75) is 20.3 Å². The van der Waals surface area contributed by atoms with E-state index in [4.69, 9.17) is 4.74 Å². The van der Waals surface area contributed by atoms with Crippen LogP contribution in [-0.4, -0.2) is 24.3 Å². The number of benzene rings is 1. The molecule has 1 amide bonds. The first-order valence-corrected chi connectivity index (χ1v) is 7.98. The minimum atomic E-state index is -0.611. The molecular weight excluding hydrogens is 314 g/mol. The standard InChI is InChI=1S/C17H17NO4S/c1-3-12-5-4-6-13(9-12)18-16(20)10-22-17(21)15-8-7-14(23-15)11(2)19/h4-9H,3,10H2,1-2H3,(H,18,20). The Kier molecular flexibility index (Phi) is 5.65. The number of amides is 1. The first kappa shape index (κ1) is 16.9. The first-order valence-electron chi connectivity index (χ1n) is 7.16. The maximum absolute atomic E-state index is 11.8. The number of ether oxygens (including phenoxy) is 1. The van der Waals surface area contributed by atoms with Gasteiger partial charge < -0.3 is 10.1 Å². The maximum Gasteiger partial charge on any atom is 0.348 e. The largest absolute Gasteiger partial charge is 0.451 e. The molecule has 0 fully saturated rings. The summed E-state index contributed by atoms with van der Waals surface area (Å²) in [4.78, 5) is 35.6. The van der Waals surface area contributed by atoms with Gasteiger partial charge in [0.05, 0.1) is 4.88 Å². The number of rotatable bonds is 6. The van der Waals surface area contributed by atoms with Crippen molar-refractivity contribution in [3.05, 3.63) is 51.7 Å². The molecule has 0 bridgehead atoms. The van der Waals surface area contributed by atoms with Gasteiger partial charge in [0.25, 0.3) is 5.91 Å². The molecule has 6 heteroatoms. The summed E-state index contributed by atoms with van der Waals surface area (Å²) in [6, 6.07) is 10.6. The average Bonchev–Trinajstić information content (AvgIpc) is 3.03. The minimum absolute atomic E-state index is 0.109. The Labute approximate surface area is 138 Å². The summed E-state index contributed by atoms with van der Waals surface area (Å²) in [5.41, 5.74) is 1.77. The van der Waals surface area contributed by atoms with Crippen LogP contribution < -0.4 is 5.32 Å². The van der Waals surface area contributed by atoms with Crippen LogP contribution in [0.2, 0.25) is 0 Å². The van der Waals surface area contributed by atoms with Crippen LogP contribution in [0.1, 0.15) is 38.8 Å². The number of aryl methyl sites for hydroxylation is 1. The topological polar surface area (TPSA) is 72.5 Å². The summed E-state index contributed by atoms with van der Waals surface area (Å²) in [5, 5.41) is 2.68. The summed E-state index contributed by atoms with van der Waals surface area (Å²) in [7, 11) is 0. The highest BCUT2D eigenvalue weighted by atomic mass is 32.1. The molecule has 2 rings (SSSR count). The molecule has 0 radical (unpaired) electrons. The van der Waals surface area contributed by atoms with Gasteiger partial charge >= 0.3 is 5.97 Å². The van der Waals surface area contributed by atoms with E-state index in [2.05, 4.69) is 5.32 Å². The highest BCUT2D eigenvalue weighted by molar-refractivity contribution is 7.15. The van der Waals surface area contributed by atoms with Crippen molar-refractivity contribution in [3.63, 3.8) is 0 Å². The van der Waals surface area contributed by atoms with Gasteiger partial charge in [-0.2, -0.15) is 0 Å². The molecule has 1 aromatic carbocycles. The van der Waals surface area contributed by atoms with Gasteiger partial charge in [0.2, 0.25) is 0 Å². The predicted molar refractivity (Wildman–Crippen MR) is 89.1 cm³/mol. The molecule has 23 heavy (non-hydrogen) atoms. The van der Waals surface area contributed by atoms with Crippen LogP contribution in [0.5, 0.6) is 0 Å². The van der Waals surface area contributed by atoms with Crippen LogP contribution in [0, 0.1) is 0 Å². The van der Waals surface area contributed by atoms with Crippen LogP contribution in [0.15, 0.2) is 36.4 Å². The molecule has 0 aliphatic heterocycles. The quantitative estimate of drug-likeness (QED) is 0.651. The Balaban J connectivity index is 1.87. The second-order valence-electron chi connectivity index (χ2n) is 4.90. The third-order valence-electron chi connectivity index (χ3n) is 3.11. The SMILES string of the molecule is CCc1cccc(NC(=O)COC(=O)c2ccc(C(C)=O)s2)c1. The van der Waals surface area contributed by atoms with Gasteiger partial charge in [0, 0.05) is 5.69 Å². The van der Waals surface area contributed by atoms with Crippen LogP contribution in [0.4, 0.5) is 5.69 Å². The molecule has 2 aromatic rings. The second-order valence-corrected chi connectivity index (χ2v) is 5.98. The molecule has 5 nitrogen and oxygen atoms in total. The van der Waals surface area contributed by atoms with E-state index in [0.717, 1.165) is 23.3 Å². The van der Waals surface area contributed by atoms with E-state index in [0.29, 0.717) is 15.4 Å². The zero-order chi connectivity index (χ0) is 16.8. The predicted octanol–water partition coefficient (Wildman–Crippen LogP) is 3.31. The number of esters is 1. The number of thiophene rings is 1. The number of ketones is 1. The van der Waals surface area contributed by atoms with Gasteiger partial charge in [-0.25, -0.2) is 4.79 Å². The van der Waals surface area contributed by atoms with Crippen LogP contribution in [0.3, 0.4) is 0 Å². The molecule has 0 saturated carbocycles. The van der Waals surface area contributed by atoms with E-state index >= 15 is 0 Å². The Hall–Kier alpha value is -2.47. The third-order valence-corrected chi connectivity index (χ3v) is 4.27. The zero-order valence-corrected chi connectivity index (χ0v) is 13.7. The average molecular weight is 331 g/mol. The first-order chi connectivity index (χ1) is 11.0. The molecule has 120 valence electrons. The number of hydrogen-bond acceptors (Lipinski definition) is 5. The smallest absolute Gasteiger partial charge is 0.348 e. The number of carbonyl (C=O) groups is 3. The number of Topliss-reactive ketones (excluding diaryl/α,β-unsaturated/α-hetero) is 1. The summed E-state index contributed by atoms with van der Waals surface area (Å²) < 4.78 is 4.96. The molecule has 0 aliphatic carbocycles. The second kappa shape index (κ2) is 7.69. The molecular formula is C17H17NO4S. The van der Waals surface area contributed by atoms with E-state index < -0.39 is 11.9 Å². The highest BCUT2D eigenvalue weighted by Gasteiger charge is 2.14. The van der Waals surface area contributed by atoms with Crippen molar-refractivity contribution in [1.82, 2.24) is 0 Å². The van der Waals surface area contributed by atoms with Crippen molar-refractivity contribution in [2.75, 3.05) is 11.9 Å². The normalized spacial score (nSPS) is 10.2. The zero-order valence-electron chi connectivity index (χ0n) is 12.9. The van der Waals surface area contributed by atoms with Crippen molar-refractivity contribution >= 4 is 34.7 Å². The maximum atomic E-state index is 11.8. The summed E-state index contributed by atoms with van der Waals surface area (Å²) in [5.74, 6) is -1.13. The molecule has 0 spiro atoms. The van der Waals surface area contributed by atoms with E-state index in [1.54, 1.807) is 12.1 Å². The molecule has 0 aliphatic rings.